The maximum atomic E-state index is 5.99. The lowest BCUT2D eigenvalue weighted by Gasteiger charge is -2.26. The molecule has 0 spiro atoms. The molecule has 0 bridgehead atoms. The summed E-state index contributed by atoms with van der Waals surface area (Å²) in [4.78, 5) is 13.7. The van der Waals surface area contributed by atoms with Crippen LogP contribution in [0.3, 0.4) is 0 Å². The van der Waals surface area contributed by atoms with Gasteiger partial charge in [0, 0.05) is 29.0 Å². The number of nitrogens with one attached hydrogen (secondary N) is 1. The van der Waals surface area contributed by atoms with Gasteiger partial charge in [-0.3, -0.25) is 4.40 Å². The average molecular weight is 401 g/mol. The smallest absolute Gasteiger partial charge is 0.223 e. The molecular formula is C18H21BrN6. The summed E-state index contributed by atoms with van der Waals surface area (Å²) in [5, 5.41) is 3.47. The highest BCUT2D eigenvalue weighted by Gasteiger charge is 2.20. The van der Waals surface area contributed by atoms with Crippen LogP contribution in [0.5, 0.6) is 0 Å². The Morgan fingerprint density at radius 2 is 2.00 bits per heavy atom. The Hall–Kier alpha value is -1.99. The molecule has 3 aromatic heterocycles. The van der Waals surface area contributed by atoms with Gasteiger partial charge in [-0.25, -0.2) is 15.0 Å². The SMILES string of the molecule is Cc1cnc(NC2CCC(N)CC2)nc1-c1cnc2cc(Br)ccn12. The molecule has 0 atom stereocenters. The molecule has 1 fully saturated rings. The van der Waals surface area contributed by atoms with E-state index in [0.717, 1.165) is 52.8 Å². The van der Waals surface area contributed by atoms with Gasteiger partial charge in [0.15, 0.2) is 0 Å². The summed E-state index contributed by atoms with van der Waals surface area (Å²) in [6, 6.07) is 4.72. The Kier molecular flexibility index (Phi) is 4.43. The van der Waals surface area contributed by atoms with Crippen molar-refractivity contribution in [1.82, 2.24) is 19.4 Å². The summed E-state index contributed by atoms with van der Waals surface area (Å²) >= 11 is 3.49. The zero-order valence-corrected chi connectivity index (χ0v) is 15.7. The molecule has 6 nitrogen and oxygen atoms in total. The van der Waals surface area contributed by atoms with Crippen molar-refractivity contribution in [2.45, 2.75) is 44.7 Å². The zero-order valence-electron chi connectivity index (χ0n) is 14.1. The first kappa shape index (κ1) is 16.5. The van der Waals surface area contributed by atoms with Gasteiger partial charge < -0.3 is 11.1 Å². The standard InChI is InChI=1S/C18H21BrN6/c1-11-9-22-18(23-14-4-2-13(20)3-5-14)24-17(11)15-10-21-16-8-12(19)6-7-25(15)16/h6-10,13-14H,2-5,20H2,1H3,(H,22,23,24). The molecule has 0 aromatic carbocycles. The van der Waals surface area contributed by atoms with Gasteiger partial charge in [0.2, 0.25) is 5.95 Å². The van der Waals surface area contributed by atoms with Crippen LogP contribution in [0.4, 0.5) is 5.95 Å². The number of aryl methyl sites for hydroxylation is 1. The first-order valence-corrected chi connectivity index (χ1v) is 9.38. The van der Waals surface area contributed by atoms with Crippen molar-refractivity contribution in [2.75, 3.05) is 5.32 Å². The van der Waals surface area contributed by atoms with Gasteiger partial charge in [0.05, 0.1) is 17.6 Å². The van der Waals surface area contributed by atoms with E-state index in [1.807, 2.05) is 42.0 Å². The van der Waals surface area contributed by atoms with Crippen LogP contribution >= 0.6 is 15.9 Å². The second-order valence-corrected chi connectivity index (χ2v) is 7.61. The molecule has 3 N–H and O–H groups in total. The summed E-state index contributed by atoms with van der Waals surface area (Å²) in [7, 11) is 0. The molecule has 0 radical (unpaired) electrons. The topological polar surface area (TPSA) is 81.1 Å². The third-order valence-corrected chi connectivity index (χ3v) is 5.29. The van der Waals surface area contributed by atoms with Gasteiger partial charge in [0.25, 0.3) is 0 Å². The maximum absolute atomic E-state index is 5.99. The summed E-state index contributed by atoms with van der Waals surface area (Å²) in [6.07, 6.45) is 9.97. The van der Waals surface area contributed by atoms with Gasteiger partial charge in [0.1, 0.15) is 5.65 Å². The second kappa shape index (κ2) is 6.72. The molecule has 1 aliphatic rings. The number of pyridine rings is 1. The summed E-state index contributed by atoms with van der Waals surface area (Å²) < 4.78 is 3.05. The summed E-state index contributed by atoms with van der Waals surface area (Å²) in [5.74, 6) is 0.674. The van der Waals surface area contributed by atoms with Gasteiger partial charge in [-0.05, 0) is 50.3 Å². The van der Waals surface area contributed by atoms with Crippen LogP contribution < -0.4 is 11.1 Å². The lowest BCUT2D eigenvalue weighted by atomic mass is 9.92. The highest BCUT2D eigenvalue weighted by molar-refractivity contribution is 9.10. The molecule has 0 amide bonds. The number of rotatable bonds is 3. The van der Waals surface area contributed by atoms with Crippen LogP contribution in [-0.2, 0) is 0 Å². The lowest BCUT2D eigenvalue weighted by Crippen LogP contribution is -2.33. The Morgan fingerprint density at radius 3 is 2.80 bits per heavy atom. The fourth-order valence-electron chi connectivity index (χ4n) is 3.35. The van der Waals surface area contributed by atoms with Crippen LogP contribution in [0.1, 0.15) is 31.2 Å². The van der Waals surface area contributed by atoms with Crippen molar-refractivity contribution in [1.29, 1.82) is 0 Å². The summed E-state index contributed by atoms with van der Waals surface area (Å²) in [6.45, 7) is 2.02. The normalized spacial score (nSPS) is 20.8. The fourth-order valence-corrected chi connectivity index (χ4v) is 3.67. The first-order chi connectivity index (χ1) is 12.1. The van der Waals surface area contributed by atoms with E-state index < -0.39 is 0 Å². The maximum Gasteiger partial charge on any atom is 0.223 e. The largest absolute Gasteiger partial charge is 0.351 e. The molecule has 1 aliphatic carbocycles. The third kappa shape index (κ3) is 3.39. The van der Waals surface area contributed by atoms with Crippen LogP contribution in [0.15, 0.2) is 35.2 Å². The van der Waals surface area contributed by atoms with Gasteiger partial charge in [-0.1, -0.05) is 15.9 Å². The molecule has 1 saturated carbocycles. The van der Waals surface area contributed by atoms with Gasteiger partial charge in [-0.2, -0.15) is 0 Å². The quantitative estimate of drug-likeness (QED) is 0.702. The van der Waals surface area contributed by atoms with E-state index in [4.69, 9.17) is 10.7 Å². The minimum absolute atomic E-state index is 0.338. The molecule has 7 heteroatoms. The van der Waals surface area contributed by atoms with Gasteiger partial charge >= 0.3 is 0 Å². The Morgan fingerprint density at radius 1 is 1.20 bits per heavy atom. The second-order valence-electron chi connectivity index (χ2n) is 6.70. The number of fused-ring (bicyclic) bond motifs is 1. The molecule has 3 aromatic rings. The van der Waals surface area contributed by atoms with Gasteiger partial charge in [-0.15, -0.1) is 0 Å². The van der Waals surface area contributed by atoms with Crippen molar-refractivity contribution < 1.29 is 0 Å². The van der Waals surface area contributed by atoms with Crippen molar-refractivity contribution >= 4 is 27.5 Å². The van der Waals surface area contributed by atoms with E-state index in [1.54, 1.807) is 0 Å². The summed E-state index contributed by atoms with van der Waals surface area (Å²) in [5.41, 5.74) is 9.78. The van der Waals surface area contributed by atoms with Crippen molar-refractivity contribution in [2.24, 2.45) is 5.73 Å². The number of anilines is 1. The Bertz CT molecular complexity index is 898. The number of imidazole rings is 1. The highest BCUT2D eigenvalue weighted by Crippen LogP contribution is 2.26. The monoisotopic (exact) mass is 400 g/mol. The van der Waals surface area contributed by atoms with E-state index in [2.05, 4.69) is 31.2 Å². The van der Waals surface area contributed by atoms with Crippen molar-refractivity contribution in [3.8, 4) is 11.4 Å². The Balaban J connectivity index is 1.65. The number of aromatic nitrogens is 4. The van der Waals surface area contributed by atoms with Crippen LogP contribution in [-0.4, -0.2) is 31.4 Å². The number of hydrogen-bond donors (Lipinski definition) is 2. The molecular weight excluding hydrogens is 380 g/mol. The minimum Gasteiger partial charge on any atom is -0.351 e. The Labute approximate surface area is 155 Å². The van der Waals surface area contributed by atoms with E-state index in [0.29, 0.717) is 18.0 Å². The first-order valence-electron chi connectivity index (χ1n) is 8.59. The van der Waals surface area contributed by atoms with Crippen LogP contribution in [0.2, 0.25) is 0 Å². The highest BCUT2D eigenvalue weighted by atomic mass is 79.9. The molecule has 25 heavy (non-hydrogen) atoms. The third-order valence-electron chi connectivity index (χ3n) is 4.79. The number of hydrogen-bond acceptors (Lipinski definition) is 5. The van der Waals surface area contributed by atoms with Crippen molar-refractivity contribution in [3.63, 3.8) is 0 Å². The molecule has 0 unspecified atom stereocenters. The minimum atomic E-state index is 0.338. The fraction of sp³-hybridized carbons (Fsp3) is 0.389. The van der Waals surface area contributed by atoms with Crippen LogP contribution in [0, 0.1) is 6.92 Å². The molecule has 3 heterocycles. The van der Waals surface area contributed by atoms with E-state index in [1.165, 1.54) is 0 Å². The van der Waals surface area contributed by atoms with E-state index in [9.17, 15) is 0 Å². The molecule has 0 aliphatic heterocycles. The molecule has 130 valence electrons. The molecule has 0 saturated heterocycles. The number of halogens is 1. The predicted molar refractivity (Wildman–Crippen MR) is 103 cm³/mol. The zero-order chi connectivity index (χ0) is 17.4. The average Bonchev–Trinajstić information content (AvgIpc) is 3.01. The number of nitrogens with two attached hydrogens (primary N) is 1. The van der Waals surface area contributed by atoms with E-state index >= 15 is 0 Å². The van der Waals surface area contributed by atoms with Crippen molar-refractivity contribution in [3.05, 3.63) is 40.8 Å². The van der Waals surface area contributed by atoms with Crippen LogP contribution in [0.25, 0.3) is 17.0 Å². The molecule has 4 rings (SSSR count). The lowest BCUT2D eigenvalue weighted by molar-refractivity contribution is 0.410. The number of nitrogens with zero attached hydrogens (tertiary/aromatic N) is 4. The predicted octanol–water partition coefficient (Wildman–Crippen LogP) is 3.54. The van der Waals surface area contributed by atoms with E-state index in [-0.39, 0.29) is 0 Å².